The molecule has 0 N–H and O–H groups in total. The summed E-state index contributed by atoms with van der Waals surface area (Å²) in [5.74, 6) is -1.56. The van der Waals surface area contributed by atoms with Gasteiger partial charge in [-0.1, -0.05) is 6.58 Å². The van der Waals surface area contributed by atoms with Gasteiger partial charge in [-0.05, 0) is 0 Å². The van der Waals surface area contributed by atoms with Crippen LogP contribution in [-0.4, -0.2) is 24.8 Å². The number of carbonyl (C=O) groups excluding carboxylic acids is 2. The first-order chi connectivity index (χ1) is 5.24. The van der Waals surface area contributed by atoms with Crippen molar-refractivity contribution in [3.63, 3.8) is 0 Å². The molecule has 1 saturated heterocycles. The van der Waals surface area contributed by atoms with Crippen molar-refractivity contribution in [2.75, 3.05) is 6.61 Å². The van der Waals surface area contributed by atoms with Crippen LogP contribution in [0.1, 0.15) is 0 Å². The van der Waals surface area contributed by atoms with Gasteiger partial charge in [0.15, 0.2) is 0 Å². The molecule has 0 aromatic carbocycles. The van der Waals surface area contributed by atoms with E-state index in [-0.39, 0.29) is 6.61 Å². The summed E-state index contributed by atoms with van der Waals surface area (Å²) in [5.41, 5.74) is 0. The molecule has 1 heterocycles. The van der Waals surface area contributed by atoms with E-state index in [9.17, 15) is 9.59 Å². The van der Waals surface area contributed by atoms with Gasteiger partial charge in [-0.3, -0.25) is 0 Å². The first kappa shape index (κ1) is 7.74. The van der Waals surface area contributed by atoms with Gasteiger partial charge < -0.3 is 14.2 Å². The molecule has 1 aliphatic heterocycles. The fraction of sp³-hybridized carbons (Fsp3) is 0.333. The smallest absolute Gasteiger partial charge is 0.384 e. The Morgan fingerprint density at radius 2 is 2.36 bits per heavy atom. The molecule has 1 atom stereocenters. The highest BCUT2D eigenvalue weighted by molar-refractivity contribution is 5.89. The monoisotopic (exact) mass is 158 g/mol. The van der Waals surface area contributed by atoms with Crippen molar-refractivity contribution in [3.05, 3.63) is 12.8 Å². The number of esters is 2. The molecule has 0 bridgehead atoms. The minimum absolute atomic E-state index is 0.274. The summed E-state index contributed by atoms with van der Waals surface area (Å²) in [5, 5.41) is 0. The average Bonchev–Trinajstić information content (AvgIpc) is 1.95. The number of carbonyl (C=O) groups is 2. The molecule has 5 heteroatoms. The Bertz CT molecular complexity index is 197. The van der Waals surface area contributed by atoms with Crippen LogP contribution in [0.15, 0.2) is 12.8 Å². The molecule has 11 heavy (non-hydrogen) atoms. The lowest BCUT2D eigenvalue weighted by atomic mass is 10.5. The molecule has 1 fully saturated rings. The zero-order valence-electron chi connectivity index (χ0n) is 5.61. The summed E-state index contributed by atoms with van der Waals surface area (Å²) in [4.78, 5) is 21.0. The Hall–Kier alpha value is -1.36. The third-order valence-electron chi connectivity index (χ3n) is 0.979. The molecule has 0 aliphatic carbocycles. The van der Waals surface area contributed by atoms with Crippen LogP contribution in [0.3, 0.4) is 0 Å². The van der Waals surface area contributed by atoms with E-state index in [1.807, 2.05) is 0 Å². The van der Waals surface area contributed by atoms with Gasteiger partial charge in [0.1, 0.15) is 6.61 Å². The van der Waals surface area contributed by atoms with Crippen LogP contribution in [0.2, 0.25) is 0 Å². The molecule has 0 aromatic heterocycles. The molecule has 0 saturated carbocycles. The van der Waals surface area contributed by atoms with Crippen molar-refractivity contribution in [1.82, 2.24) is 0 Å². The molecule has 0 amide bonds. The van der Waals surface area contributed by atoms with Gasteiger partial charge in [0, 0.05) is 0 Å². The van der Waals surface area contributed by atoms with Gasteiger partial charge in [0.25, 0.3) is 6.29 Å². The Morgan fingerprint density at radius 3 is 2.91 bits per heavy atom. The second-order valence-electron chi connectivity index (χ2n) is 1.74. The second-order valence-corrected chi connectivity index (χ2v) is 1.74. The number of rotatable bonds is 2. The minimum Gasteiger partial charge on any atom is -0.462 e. The quantitative estimate of drug-likeness (QED) is 0.310. The van der Waals surface area contributed by atoms with Crippen LogP contribution < -0.4 is 0 Å². The third kappa shape index (κ3) is 1.78. The highest BCUT2D eigenvalue weighted by atomic mass is 16.7. The number of hydrogen-bond acceptors (Lipinski definition) is 5. The molecule has 60 valence electrons. The Kier molecular flexibility index (Phi) is 2.22. The van der Waals surface area contributed by atoms with Crippen LogP contribution in [0, 0.1) is 0 Å². The minimum atomic E-state index is -1.15. The van der Waals surface area contributed by atoms with E-state index in [1.165, 1.54) is 0 Å². The van der Waals surface area contributed by atoms with Crippen molar-refractivity contribution in [1.29, 1.82) is 0 Å². The number of ether oxygens (including phenoxy) is 3. The third-order valence-corrected chi connectivity index (χ3v) is 0.979. The van der Waals surface area contributed by atoms with Crippen molar-refractivity contribution in [2.45, 2.75) is 6.29 Å². The maximum Gasteiger partial charge on any atom is 0.384 e. The maximum atomic E-state index is 10.7. The van der Waals surface area contributed by atoms with Crippen LogP contribution in [0.25, 0.3) is 0 Å². The van der Waals surface area contributed by atoms with Crippen molar-refractivity contribution in [2.24, 2.45) is 0 Å². The van der Waals surface area contributed by atoms with Crippen LogP contribution in [0.4, 0.5) is 0 Å². The molecular formula is C6H6O5. The van der Waals surface area contributed by atoms with E-state index >= 15 is 0 Å². The Balaban J connectivity index is 2.50. The SMILES string of the molecule is C=COC1OCC(=O)OC1=O. The standard InChI is InChI=1S/C6H6O5/c1-2-9-6-5(8)11-4(7)3-10-6/h2,6H,1,3H2. The molecule has 0 radical (unpaired) electrons. The van der Waals surface area contributed by atoms with E-state index in [0.29, 0.717) is 0 Å². The van der Waals surface area contributed by atoms with E-state index in [4.69, 9.17) is 0 Å². The molecular weight excluding hydrogens is 152 g/mol. The lowest BCUT2D eigenvalue weighted by Gasteiger charge is -2.18. The van der Waals surface area contributed by atoms with E-state index in [2.05, 4.69) is 20.8 Å². The van der Waals surface area contributed by atoms with Crippen molar-refractivity contribution in [3.8, 4) is 0 Å². The van der Waals surface area contributed by atoms with E-state index in [1.54, 1.807) is 0 Å². The molecule has 5 nitrogen and oxygen atoms in total. The molecule has 1 rings (SSSR count). The highest BCUT2D eigenvalue weighted by Gasteiger charge is 2.30. The van der Waals surface area contributed by atoms with Gasteiger partial charge in [-0.2, -0.15) is 0 Å². The predicted octanol–water partition coefficient (Wildman–Crippen LogP) is -0.427. The highest BCUT2D eigenvalue weighted by Crippen LogP contribution is 2.04. The first-order valence-corrected chi connectivity index (χ1v) is 2.86. The van der Waals surface area contributed by atoms with Crippen LogP contribution in [0.5, 0.6) is 0 Å². The van der Waals surface area contributed by atoms with Gasteiger partial charge >= 0.3 is 11.9 Å². The zero-order chi connectivity index (χ0) is 8.27. The van der Waals surface area contributed by atoms with Gasteiger partial charge in [0.05, 0.1) is 6.26 Å². The summed E-state index contributed by atoms with van der Waals surface area (Å²) in [6, 6.07) is 0. The summed E-state index contributed by atoms with van der Waals surface area (Å²) in [7, 11) is 0. The predicted molar refractivity (Wildman–Crippen MR) is 32.1 cm³/mol. The molecule has 1 unspecified atom stereocenters. The van der Waals surface area contributed by atoms with Crippen molar-refractivity contribution < 1.29 is 23.8 Å². The second kappa shape index (κ2) is 3.16. The van der Waals surface area contributed by atoms with E-state index < -0.39 is 18.2 Å². The lowest BCUT2D eigenvalue weighted by Crippen LogP contribution is -2.38. The Labute approximate surface area is 62.5 Å². The number of hydrogen-bond donors (Lipinski definition) is 0. The molecule has 1 aliphatic rings. The fourth-order valence-electron chi connectivity index (χ4n) is 0.584. The van der Waals surface area contributed by atoms with Gasteiger partial charge in [0.2, 0.25) is 0 Å². The molecule has 0 aromatic rings. The fourth-order valence-corrected chi connectivity index (χ4v) is 0.584. The largest absolute Gasteiger partial charge is 0.462 e. The average molecular weight is 158 g/mol. The zero-order valence-corrected chi connectivity index (χ0v) is 5.61. The van der Waals surface area contributed by atoms with Gasteiger partial charge in [-0.15, -0.1) is 0 Å². The Morgan fingerprint density at radius 1 is 1.64 bits per heavy atom. The first-order valence-electron chi connectivity index (χ1n) is 2.86. The molecule has 0 spiro atoms. The summed E-state index contributed by atoms with van der Waals surface area (Å²) in [6.07, 6.45) is -0.105. The normalized spacial score (nSPS) is 24.2. The number of cyclic esters (lactones) is 2. The maximum absolute atomic E-state index is 10.7. The summed E-state index contributed by atoms with van der Waals surface area (Å²) >= 11 is 0. The topological polar surface area (TPSA) is 61.8 Å². The van der Waals surface area contributed by atoms with Crippen LogP contribution in [-0.2, 0) is 23.8 Å². The summed E-state index contributed by atoms with van der Waals surface area (Å²) < 4.78 is 13.4. The lowest BCUT2D eigenvalue weighted by molar-refractivity contribution is -0.207. The van der Waals surface area contributed by atoms with Crippen LogP contribution >= 0.6 is 0 Å². The van der Waals surface area contributed by atoms with E-state index in [0.717, 1.165) is 6.26 Å². The van der Waals surface area contributed by atoms with Gasteiger partial charge in [-0.25, -0.2) is 9.59 Å². The summed E-state index contributed by atoms with van der Waals surface area (Å²) in [6.45, 7) is 2.94. The van der Waals surface area contributed by atoms with Crippen molar-refractivity contribution >= 4 is 11.9 Å².